The van der Waals surface area contributed by atoms with Crippen molar-refractivity contribution in [2.24, 2.45) is 0 Å². The molecule has 0 saturated heterocycles. The molecule has 0 spiro atoms. The Bertz CT molecular complexity index is 876. The largest absolute Gasteiger partial charge is 0.478 e. The van der Waals surface area contributed by atoms with E-state index < -0.39 is 16.0 Å². The molecule has 1 unspecified atom stereocenters. The molecule has 1 aliphatic rings. The van der Waals surface area contributed by atoms with E-state index in [2.05, 4.69) is 21.8 Å². The topological polar surface area (TPSA) is 86.7 Å². The number of carbonyl (C=O) groups is 1. The number of hydrogen-bond acceptors (Lipinski definition) is 5. The Hall–Kier alpha value is -1.74. The lowest BCUT2D eigenvalue weighted by Gasteiger charge is -2.33. The number of hydrogen-bond donors (Lipinski definition) is 2. The molecule has 6 nitrogen and oxygen atoms in total. The van der Waals surface area contributed by atoms with Gasteiger partial charge in [-0.25, -0.2) is 17.9 Å². The van der Waals surface area contributed by atoms with E-state index in [1.807, 2.05) is 19.1 Å². The van der Waals surface area contributed by atoms with Gasteiger partial charge in [0.2, 0.25) is 10.0 Å². The molecule has 0 radical (unpaired) electrons. The zero-order valence-corrected chi connectivity index (χ0v) is 15.4. The summed E-state index contributed by atoms with van der Waals surface area (Å²) in [5.74, 6) is -1.13. The summed E-state index contributed by atoms with van der Waals surface area (Å²) in [7, 11) is -3.69. The minimum absolute atomic E-state index is 0.00828. The molecule has 1 aliphatic heterocycles. The first-order chi connectivity index (χ1) is 11.9. The highest BCUT2D eigenvalue weighted by Gasteiger charge is 2.23. The van der Waals surface area contributed by atoms with E-state index in [1.54, 1.807) is 0 Å². The molecule has 8 heteroatoms. The van der Waals surface area contributed by atoms with Crippen molar-refractivity contribution in [3.63, 3.8) is 0 Å². The summed E-state index contributed by atoms with van der Waals surface area (Å²) in [4.78, 5) is 13.2. The van der Waals surface area contributed by atoms with E-state index in [9.17, 15) is 13.2 Å². The molecule has 0 aliphatic carbocycles. The number of carboxylic acids is 1. The summed E-state index contributed by atoms with van der Waals surface area (Å²) >= 11 is 0.918. The zero-order valence-electron chi connectivity index (χ0n) is 13.8. The number of thiophene rings is 1. The highest BCUT2D eigenvalue weighted by atomic mass is 32.2. The Balaban J connectivity index is 1.62. The third kappa shape index (κ3) is 4.09. The molecule has 3 rings (SSSR count). The summed E-state index contributed by atoms with van der Waals surface area (Å²) in [5, 5.41) is 10.3. The van der Waals surface area contributed by atoms with Crippen molar-refractivity contribution in [3.8, 4) is 0 Å². The Kier molecular flexibility index (Phi) is 5.24. The molecular weight excluding hydrogens is 360 g/mol. The monoisotopic (exact) mass is 380 g/mol. The maximum atomic E-state index is 12.3. The molecule has 0 saturated carbocycles. The minimum atomic E-state index is -3.69. The Morgan fingerprint density at radius 3 is 2.76 bits per heavy atom. The first kappa shape index (κ1) is 18.1. The molecule has 1 atom stereocenters. The van der Waals surface area contributed by atoms with Crippen molar-refractivity contribution in [2.75, 3.05) is 13.1 Å². The predicted octanol–water partition coefficient (Wildman–Crippen LogP) is 2.17. The van der Waals surface area contributed by atoms with Gasteiger partial charge in [0, 0.05) is 31.1 Å². The molecule has 1 aromatic heterocycles. The standard InChI is InChI=1S/C17H20N2O4S2/c1-12(19-7-6-13-4-2-3-5-14(13)10-19)9-18-25(22,23)16-8-15(11-24-16)17(20)21/h2-5,8,11-12,18H,6-7,9-10H2,1H3,(H,20,21). The molecule has 0 fully saturated rings. The van der Waals surface area contributed by atoms with Gasteiger partial charge < -0.3 is 5.11 Å². The average Bonchev–Trinajstić information content (AvgIpc) is 3.11. The molecule has 134 valence electrons. The van der Waals surface area contributed by atoms with Crippen molar-refractivity contribution >= 4 is 27.3 Å². The van der Waals surface area contributed by atoms with Crippen molar-refractivity contribution < 1.29 is 18.3 Å². The van der Waals surface area contributed by atoms with Gasteiger partial charge in [-0.3, -0.25) is 4.90 Å². The van der Waals surface area contributed by atoms with E-state index in [-0.39, 0.29) is 22.4 Å². The van der Waals surface area contributed by atoms with Crippen LogP contribution >= 0.6 is 11.3 Å². The first-order valence-corrected chi connectivity index (χ1v) is 10.4. The zero-order chi connectivity index (χ0) is 18.0. The molecule has 2 heterocycles. The molecule has 0 amide bonds. The Labute approximate surface area is 151 Å². The fourth-order valence-corrected chi connectivity index (χ4v) is 5.21. The van der Waals surface area contributed by atoms with Gasteiger partial charge in [-0.1, -0.05) is 24.3 Å². The molecular formula is C17H20N2O4S2. The van der Waals surface area contributed by atoms with Crippen LogP contribution in [0.1, 0.15) is 28.4 Å². The van der Waals surface area contributed by atoms with Crippen LogP contribution in [0.3, 0.4) is 0 Å². The summed E-state index contributed by atoms with van der Waals surface area (Å²) in [6.45, 7) is 3.97. The van der Waals surface area contributed by atoms with Gasteiger partial charge in [0.05, 0.1) is 5.56 Å². The summed E-state index contributed by atoms with van der Waals surface area (Å²) in [6.07, 6.45) is 0.958. The number of fused-ring (bicyclic) bond motifs is 1. The SMILES string of the molecule is CC(CNS(=O)(=O)c1cc(C(=O)O)cs1)N1CCc2ccccc2C1. The Morgan fingerprint density at radius 1 is 1.36 bits per heavy atom. The van der Waals surface area contributed by atoms with Crippen LogP contribution < -0.4 is 4.72 Å². The van der Waals surface area contributed by atoms with Gasteiger partial charge in [-0.05, 0) is 30.5 Å². The highest BCUT2D eigenvalue weighted by molar-refractivity contribution is 7.91. The number of carboxylic acid groups (broad SMARTS) is 1. The van der Waals surface area contributed by atoms with Gasteiger partial charge in [0.25, 0.3) is 0 Å². The van der Waals surface area contributed by atoms with Crippen molar-refractivity contribution in [1.29, 1.82) is 0 Å². The van der Waals surface area contributed by atoms with E-state index in [0.717, 1.165) is 30.8 Å². The highest BCUT2D eigenvalue weighted by Crippen LogP contribution is 2.22. The number of sulfonamides is 1. The van der Waals surface area contributed by atoms with Crippen LogP contribution in [-0.4, -0.2) is 43.5 Å². The second kappa shape index (κ2) is 7.25. The van der Waals surface area contributed by atoms with Crippen LogP contribution in [0.4, 0.5) is 0 Å². The van der Waals surface area contributed by atoms with Crippen LogP contribution in [0.2, 0.25) is 0 Å². The van der Waals surface area contributed by atoms with Crippen molar-refractivity contribution in [1.82, 2.24) is 9.62 Å². The number of benzene rings is 1. The summed E-state index contributed by atoms with van der Waals surface area (Å²) < 4.78 is 27.3. The predicted molar refractivity (Wildman–Crippen MR) is 96.5 cm³/mol. The van der Waals surface area contributed by atoms with Gasteiger partial charge >= 0.3 is 5.97 Å². The second-order valence-corrected chi connectivity index (χ2v) is 9.05. The van der Waals surface area contributed by atoms with Crippen molar-refractivity contribution in [3.05, 3.63) is 52.4 Å². The first-order valence-electron chi connectivity index (χ1n) is 7.99. The van der Waals surface area contributed by atoms with Gasteiger partial charge in [-0.15, -0.1) is 11.3 Å². The lowest BCUT2D eigenvalue weighted by Crippen LogP contribution is -2.44. The van der Waals surface area contributed by atoms with Crippen LogP contribution in [0, 0.1) is 0 Å². The van der Waals surface area contributed by atoms with Gasteiger partial charge in [-0.2, -0.15) is 0 Å². The van der Waals surface area contributed by atoms with E-state index in [0.29, 0.717) is 0 Å². The smallest absolute Gasteiger partial charge is 0.336 e. The van der Waals surface area contributed by atoms with Gasteiger partial charge in [0.15, 0.2) is 0 Å². The lowest BCUT2D eigenvalue weighted by atomic mass is 9.99. The normalized spacial score (nSPS) is 16.4. The quantitative estimate of drug-likeness (QED) is 0.802. The summed E-state index contributed by atoms with van der Waals surface area (Å²) in [6, 6.07) is 9.54. The minimum Gasteiger partial charge on any atom is -0.478 e. The van der Waals surface area contributed by atoms with E-state index in [1.165, 1.54) is 22.6 Å². The maximum Gasteiger partial charge on any atom is 0.336 e. The van der Waals surface area contributed by atoms with Crippen molar-refractivity contribution in [2.45, 2.75) is 30.1 Å². The van der Waals surface area contributed by atoms with Crippen LogP contribution in [0.15, 0.2) is 39.9 Å². The molecule has 0 bridgehead atoms. The number of aromatic carboxylic acids is 1. The third-order valence-corrected chi connectivity index (χ3v) is 7.30. The second-order valence-electron chi connectivity index (χ2n) is 6.15. The van der Waals surface area contributed by atoms with Crippen LogP contribution in [-0.2, 0) is 23.0 Å². The number of rotatable bonds is 6. The summed E-state index contributed by atoms with van der Waals surface area (Å²) in [5.41, 5.74) is 2.63. The van der Waals surface area contributed by atoms with Gasteiger partial charge in [0.1, 0.15) is 4.21 Å². The Morgan fingerprint density at radius 2 is 2.08 bits per heavy atom. The molecule has 1 aromatic carbocycles. The van der Waals surface area contributed by atoms with E-state index >= 15 is 0 Å². The van der Waals surface area contributed by atoms with Crippen LogP contribution in [0.5, 0.6) is 0 Å². The molecule has 2 aromatic rings. The fraction of sp³-hybridized carbons (Fsp3) is 0.353. The fourth-order valence-electron chi connectivity index (χ4n) is 2.89. The average molecular weight is 380 g/mol. The third-order valence-electron chi connectivity index (χ3n) is 4.44. The number of nitrogens with zero attached hydrogens (tertiary/aromatic N) is 1. The molecule has 2 N–H and O–H groups in total. The lowest BCUT2D eigenvalue weighted by molar-refractivity contribution is 0.0697. The number of nitrogens with one attached hydrogen (secondary N) is 1. The maximum absolute atomic E-state index is 12.3. The van der Waals surface area contributed by atoms with Crippen LogP contribution in [0.25, 0.3) is 0 Å². The van der Waals surface area contributed by atoms with E-state index in [4.69, 9.17) is 5.11 Å². The molecule has 25 heavy (non-hydrogen) atoms.